The minimum atomic E-state index is 0. The smallest absolute Gasteiger partial charge is 0.194 e. The zero-order chi connectivity index (χ0) is 16.1. The first-order chi connectivity index (χ1) is 11.3. The van der Waals surface area contributed by atoms with E-state index in [9.17, 15) is 5.11 Å². The molecule has 0 saturated carbocycles. The molecule has 0 spiro atoms. The second-order valence-corrected chi connectivity index (χ2v) is 6.48. The van der Waals surface area contributed by atoms with Crippen LogP contribution in [0.3, 0.4) is 0 Å². The van der Waals surface area contributed by atoms with Gasteiger partial charge < -0.3 is 20.2 Å². The first-order valence-electron chi connectivity index (χ1n) is 7.79. The molecule has 0 radical (unpaired) electrons. The fourth-order valence-electron chi connectivity index (χ4n) is 2.80. The Kier molecular flexibility index (Phi) is 7.16. The molecule has 0 atom stereocenters. The Morgan fingerprint density at radius 3 is 2.54 bits per heavy atom. The Morgan fingerprint density at radius 1 is 1.17 bits per heavy atom. The number of thiophene rings is 1. The van der Waals surface area contributed by atoms with Gasteiger partial charge in [0.25, 0.3) is 0 Å². The quantitative estimate of drug-likeness (QED) is 0.422. The van der Waals surface area contributed by atoms with Gasteiger partial charge in [0.1, 0.15) is 5.75 Å². The molecule has 3 rings (SSSR count). The number of rotatable bonds is 3. The molecule has 2 N–H and O–H groups in total. The van der Waals surface area contributed by atoms with Gasteiger partial charge in [0.2, 0.25) is 0 Å². The Hall–Kier alpha value is -1.48. The Labute approximate surface area is 164 Å². The van der Waals surface area contributed by atoms with E-state index in [1.54, 1.807) is 17.4 Å². The van der Waals surface area contributed by atoms with E-state index in [-0.39, 0.29) is 24.0 Å². The summed E-state index contributed by atoms with van der Waals surface area (Å²) in [5.74, 6) is 1.29. The first kappa shape index (κ1) is 18.9. The van der Waals surface area contributed by atoms with Crippen molar-refractivity contribution in [2.24, 2.45) is 4.99 Å². The van der Waals surface area contributed by atoms with Crippen molar-refractivity contribution in [3.63, 3.8) is 0 Å². The van der Waals surface area contributed by atoms with Crippen molar-refractivity contribution in [3.8, 4) is 5.75 Å². The summed E-state index contributed by atoms with van der Waals surface area (Å²) < 4.78 is 0. The largest absolute Gasteiger partial charge is 0.506 e. The molecular weight excluding hydrogens is 435 g/mol. The van der Waals surface area contributed by atoms with Gasteiger partial charge in [-0.25, -0.2) is 0 Å². The highest BCUT2D eigenvalue weighted by atomic mass is 127. The molecule has 24 heavy (non-hydrogen) atoms. The fraction of sp³-hybridized carbons (Fsp3) is 0.353. The Morgan fingerprint density at radius 2 is 1.92 bits per heavy atom. The summed E-state index contributed by atoms with van der Waals surface area (Å²) in [4.78, 5) is 10.2. The van der Waals surface area contributed by atoms with Crippen molar-refractivity contribution >= 4 is 47.0 Å². The van der Waals surface area contributed by atoms with Crippen molar-refractivity contribution in [2.45, 2.75) is 6.54 Å². The standard InChI is InChI=1S/C17H22N4OS.HI/c1-18-17(19-13-14-5-4-12-23-14)21-10-8-20(9-11-21)15-6-2-3-7-16(15)22;/h2-7,12,22H,8-11,13H2,1H3,(H,18,19);1H. The van der Waals surface area contributed by atoms with Crippen molar-refractivity contribution in [3.05, 3.63) is 46.7 Å². The van der Waals surface area contributed by atoms with Crippen LogP contribution in [0, 0.1) is 0 Å². The number of phenols is 1. The van der Waals surface area contributed by atoms with Crippen molar-refractivity contribution in [1.82, 2.24) is 10.2 Å². The van der Waals surface area contributed by atoms with E-state index < -0.39 is 0 Å². The zero-order valence-electron chi connectivity index (χ0n) is 13.7. The maximum Gasteiger partial charge on any atom is 0.194 e. The number of nitrogens with one attached hydrogen (secondary N) is 1. The molecule has 1 aliphatic heterocycles. The highest BCUT2D eigenvalue weighted by molar-refractivity contribution is 14.0. The van der Waals surface area contributed by atoms with Gasteiger partial charge in [0, 0.05) is 38.1 Å². The highest BCUT2D eigenvalue weighted by Crippen LogP contribution is 2.27. The lowest BCUT2D eigenvalue weighted by atomic mass is 10.2. The summed E-state index contributed by atoms with van der Waals surface area (Å²) in [5.41, 5.74) is 0.911. The van der Waals surface area contributed by atoms with Crippen molar-refractivity contribution < 1.29 is 5.11 Å². The number of anilines is 1. The van der Waals surface area contributed by atoms with E-state index in [4.69, 9.17) is 0 Å². The van der Waals surface area contributed by atoms with Gasteiger partial charge in [0.15, 0.2) is 5.96 Å². The van der Waals surface area contributed by atoms with Crippen LogP contribution in [0.15, 0.2) is 46.8 Å². The van der Waals surface area contributed by atoms with E-state index in [0.29, 0.717) is 5.75 Å². The normalized spacial score (nSPS) is 15.1. The molecule has 5 nitrogen and oxygen atoms in total. The molecule has 2 heterocycles. The van der Waals surface area contributed by atoms with Crippen LogP contribution in [0.1, 0.15) is 4.88 Å². The minimum Gasteiger partial charge on any atom is -0.506 e. The SMILES string of the molecule is CN=C(NCc1cccs1)N1CCN(c2ccccc2O)CC1.I. The van der Waals surface area contributed by atoms with Crippen molar-refractivity contribution in [2.75, 3.05) is 38.1 Å². The molecule has 1 aromatic carbocycles. The number of nitrogens with zero attached hydrogens (tertiary/aromatic N) is 3. The predicted molar refractivity (Wildman–Crippen MR) is 112 cm³/mol. The third-order valence-corrected chi connectivity index (χ3v) is 4.89. The molecule has 7 heteroatoms. The lowest BCUT2D eigenvalue weighted by molar-refractivity contribution is 0.370. The monoisotopic (exact) mass is 458 g/mol. The van der Waals surface area contributed by atoms with Crippen LogP contribution < -0.4 is 10.2 Å². The molecule has 0 amide bonds. The number of piperazine rings is 1. The second kappa shape index (κ2) is 9.12. The van der Waals surface area contributed by atoms with Crippen LogP contribution in [0.25, 0.3) is 0 Å². The van der Waals surface area contributed by atoms with E-state index in [1.807, 2.05) is 25.2 Å². The van der Waals surface area contributed by atoms with E-state index >= 15 is 0 Å². The fourth-order valence-corrected chi connectivity index (χ4v) is 3.45. The summed E-state index contributed by atoms with van der Waals surface area (Å²) in [6.07, 6.45) is 0. The number of benzene rings is 1. The van der Waals surface area contributed by atoms with Gasteiger partial charge >= 0.3 is 0 Å². The summed E-state index contributed by atoms with van der Waals surface area (Å²) in [6.45, 7) is 4.33. The molecule has 0 aliphatic carbocycles. The number of guanidine groups is 1. The number of aromatic hydroxyl groups is 1. The first-order valence-corrected chi connectivity index (χ1v) is 8.67. The molecule has 1 aliphatic rings. The van der Waals surface area contributed by atoms with Crippen LogP contribution >= 0.6 is 35.3 Å². The maximum atomic E-state index is 9.98. The molecule has 1 aromatic heterocycles. The van der Waals surface area contributed by atoms with E-state index in [1.165, 1.54) is 4.88 Å². The second-order valence-electron chi connectivity index (χ2n) is 5.44. The molecule has 0 bridgehead atoms. The molecule has 1 saturated heterocycles. The number of para-hydroxylation sites is 2. The van der Waals surface area contributed by atoms with Crippen LogP contribution in [0.5, 0.6) is 5.75 Å². The van der Waals surface area contributed by atoms with Crippen LogP contribution in [0.4, 0.5) is 5.69 Å². The number of hydrogen-bond donors (Lipinski definition) is 2. The number of phenolic OH excluding ortho intramolecular Hbond substituents is 1. The summed E-state index contributed by atoms with van der Waals surface area (Å²) in [5, 5.41) is 15.5. The van der Waals surface area contributed by atoms with E-state index in [0.717, 1.165) is 44.4 Å². The van der Waals surface area contributed by atoms with Gasteiger partial charge in [-0.2, -0.15) is 0 Å². The molecule has 1 fully saturated rings. The van der Waals surface area contributed by atoms with Gasteiger partial charge in [-0.3, -0.25) is 4.99 Å². The van der Waals surface area contributed by atoms with Gasteiger partial charge in [-0.15, -0.1) is 35.3 Å². The van der Waals surface area contributed by atoms with Crippen LogP contribution in [-0.2, 0) is 6.54 Å². The van der Waals surface area contributed by atoms with Gasteiger partial charge in [-0.1, -0.05) is 18.2 Å². The zero-order valence-corrected chi connectivity index (χ0v) is 16.8. The third-order valence-electron chi connectivity index (χ3n) is 4.01. The third kappa shape index (κ3) is 4.54. The van der Waals surface area contributed by atoms with E-state index in [2.05, 4.69) is 37.6 Å². The lowest BCUT2D eigenvalue weighted by Gasteiger charge is -2.37. The number of aliphatic imine (C=N–C) groups is 1. The van der Waals surface area contributed by atoms with Gasteiger partial charge in [-0.05, 0) is 23.6 Å². The van der Waals surface area contributed by atoms with Crippen LogP contribution in [-0.4, -0.2) is 49.2 Å². The molecule has 130 valence electrons. The summed E-state index contributed by atoms with van der Waals surface area (Å²) in [6, 6.07) is 11.7. The topological polar surface area (TPSA) is 51.1 Å². The molecule has 0 unspecified atom stereocenters. The minimum absolute atomic E-state index is 0. The highest BCUT2D eigenvalue weighted by Gasteiger charge is 2.21. The predicted octanol–water partition coefficient (Wildman–Crippen LogP) is 2.97. The molecule has 2 aromatic rings. The molecular formula is C17H23IN4OS. The Balaban J connectivity index is 0.00000208. The van der Waals surface area contributed by atoms with Gasteiger partial charge in [0.05, 0.1) is 12.2 Å². The average Bonchev–Trinajstić information content (AvgIpc) is 3.10. The summed E-state index contributed by atoms with van der Waals surface area (Å²) >= 11 is 1.75. The average molecular weight is 458 g/mol. The van der Waals surface area contributed by atoms with Crippen LogP contribution in [0.2, 0.25) is 0 Å². The maximum absolute atomic E-state index is 9.98. The van der Waals surface area contributed by atoms with Crippen molar-refractivity contribution in [1.29, 1.82) is 0 Å². The summed E-state index contributed by atoms with van der Waals surface area (Å²) in [7, 11) is 1.83. The number of hydrogen-bond acceptors (Lipinski definition) is 4. The Bertz CT molecular complexity index is 654. The number of halogens is 1. The lowest BCUT2D eigenvalue weighted by Crippen LogP contribution is -2.52.